The predicted molar refractivity (Wildman–Crippen MR) is 81.0 cm³/mol. The largest absolute Gasteiger partial charge is 2.00 e. The van der Waals surface area contributed by atoms with Crippen LogP contribution in [0.2, 0.25) is 0 Å². The first kappa shape index (κ1) is 19.5. The minimum absolute atomic E-state index is 0. The fourth-order valence-corrected chi connectivity index (χ4v) is 1.70. The van der Waals surface area contributed by atoms with Gasteiger partial charge >= 0.3 is 27.0 Å². The minimum atomic E-state index is -0.359. The zero-order valence-corrected chi connectivity index (χ0v) is 16.0. The third kappa shape index (κ3) is 5.76. The van der Waals surface area contributed by atoms with Gasteiger partial charge in [-0.2, -0.15) is 23.8 Å². The molecule has 0 saturated heterocycles. The summed E-state index contributed by atoms with van der Waals surface area (Å²) in [6.45, 7) is 11.4. The first-order valence-corrected chi connectivity index (χ1v) is 6.32. The normalized spacial score (nSPS) is 10.9. The van der Waals surface area contributed by atoms with Gasteiger partial charge in [0.25, 0.3) is 0 Å². The molecule has 0 unspecified atom stereocenters. The van der Waals surface area contributed by atoms with Gasteiger partial charge in [-0.15, -0.1) is 5.56 Å². The van der Waals surface area contributed by atoms with Crippen LogP contribution in [0.15, 0.2) is 35.8 Å². The second kappa shape index (κ2) is 8.68. The Labute approximate surface area is 140 Å². The molecule has 112 valence electrons. The number of esters is 1. The van der Waals surface area contributed by atoms with Crippen LogP contribution in [0, 0.1) is 19.9 Å². The molecule has 0 spiro atoms. The Hall–Kier alpha value is -1.54. The molecule has 0 atom stereocenters. The van der Waals surface area contributed by atoms with Crippen molar-refractivity contribution < 1.29 is 30.6 Å². The van der Waals surface area contributed by atoms with E-state index in [1.165, 1.54) is 7.11 Å². The number of rotatable bonds is 5. The number of ether oxygens (including phenoxy) is 1. The molecule has 0 aromatic heterocycles. The number of methoxy groups -OCH3 is 1. The molecule has 1 aromatic carbocycles. The van der Waals surface area contributed by atoms with Crippen LogP contribution < -0.4 is 10.6 Å². The number of anilines is 1. The summed E-state index contributed by atoms with van der Waals surface area (Å²) in [5.41, 5.74) is 4.34. The third-order valence-corrected chi connectivity index (χ3v) is 2.98. The summed E-state index contributed by atoms with van der Waals surface area (Å²) in [7, 11) is 1.36. The first-order valence-electron chi connectivity index (χ1n) is 6.32. The molecule has 1 aromatic rings. The van der Waals surface area contributed by atoms with Gasteiger partial charge in [-0.1, -0.05) is 26.1 Å². The smallest absolute Gasteiger partial charge is 0.466 e. The van der Waals surface area contributed by atoms with Crippen LogP contribution in [0.3, 0.4) is 0 Å². The number of nitrogens with one attached hydrogen (secondary N) is 2. The molecule has 0 amide bonds. The topological polar surface area (TPSA) is 50.4 Å². The van der Waals surface area contributed by atoms with E-state index in [4.69, 9.17) is 0 Å². The van der Waals surface area contributed by atoms with Gasteiger partial charge in [0.15, 0.2) is 0 Å². The van der Waals surface area contributed by atoms with Crippen LogP contribution in [-0.2, 0) is 30.6 Å². The average molecular weight is 457 g/mol. The van der Waals surface area contributed by atoms with Gasteiger partial charge in [0.05, 0.1) is 18.5 Å². The maximum atomic E-state index is 11.4. The van der Waals surface area contributed by atoms with E-state index < -0.39 is 0 Å². The molecule has 0 bridgehead atoms. The Kier molecular flexibility index (Phi) is 8.04. The van der Waals surface area contributed by atoms with Gasteiger partial charge in [0.2, 0.25) is 0 Å². The molecule has 0 aliphatic carbocycles. The van der Waals surface area contributed by atoms with E-state index >= 15 is 0 Å². The van der Waals surface area contributed by atoms with Crippen LogP contribution in [0.5, 0.6) is 0 Å². The molecular weight excluding hydrogens is 436 g/mol. The quantitative estimate of drug-likeness (QED) is 0.406. The number of carbonyl (C=O) groups is 1. The molecule has 1 rings (SSSR count). The van der Waals surface area contributed by atoms with Gasteiger partial charge < -0.3 is 15.4 Å². The Balaban J connectivity index is 0.00000400. The molecule has 4 nitrogen and oxygen atoms in total. The van der Waals surface area contributed by atoms with E-state index in [9.17, 15) is 4.79 Å². The number of allylic oxidation sites excluding steroid dienone is 1. The fraction of sp³-hybridized carbons (Fsp3) is 0.312. The number of hydrogen-bond donors (Lipinski definition) is 2. The molecule has 0 heterocycles. The van der Waals surface area contributed by atoms with E-state index in [0.717, 1.165) is 16.8 Å². The van der Waals surface area contributed by atoms with Crippen molar-refractivity contribution in [2.45, 2.75) is 27.7 Å². The SMILES string of the molecule is C=C(N/C(C)=C(\C)C(=O)OC)Nc1c[c-]c(C)cc1C.[W+2]. The van der Waals surface area contributed by atoms with Gasteiger partial charge in [-0.05, 0) is 13.8 Å². The Morgan fingerprint density at radius 2 is 1.95 bits per heavy atom. The van der Waals surface area contributed by atoms with Gasteiger partial charge in [0, 0.05) is 5.70 Å². The molecule has 0 aliphatic rings. The minimum Gasteiger partial charge on any atom is -0.466 e. The van der Waals surface area contributed by atoms with Crippen molar-refractivity contribution in [1.29, 1.82) is 0 Å². The summed E-state index contributed by atoms with van der Waals surface area (Å²) in [6, 6.07) is 7.05. The first-order chi connectivity index (χ1) is 9.35. The third-order valence-electron chi connectivity index (χ3n) is 2.98. The van der Waals surface area contributed by atoms with Crippen molar-refractivity contribution in [1.82, 2.24) is 5.32 Å². The number of hydrogen-bond acceptors (Lipinski definition) is 4. The van der Waals surface area contributed by atoms with Crippen LogP contribution in [0.4, 0.5) is 5.69 Å². The summed E-state index contributed by atoms with van der Waals surface area (Å²) in [5, 5.41) is 6.20. The summed E-state index contributed by atoms with van der Waals surface area (Å²) < 4.78 is 4.67. The molecule has 5 heteroatoms. The van der Waals surface area contributed by atoms with Gasteiger partial charge in [-0.3, -0.25) is 0 Å². The monoisotopic (exact) mass is 457 g/mol. The fourth-order valence-electron chi connectivity index (χ4n) is 1.70. The zero-order chi connectivity index (χ0) is 15.3. The Morgan fingerprint density at radius 1 is 1.33 bits per heavy atom. The summed E-state index contributed by atoms with van der Waals surface area (Å²) in [6.07, 6.45) is 0. The van der Waals surface area contributed by atoms with E-state index in [1.54, 1.807) is 13.8 Å². The molecule has 21 heavy (non-hydrogen) atoms. The average Bonchev–Trinajstić information content (AvgIpc) is 2.40. The molecule has 0 fully saturated rings. The second-order valence-electron chi connectivity index (χ2n) is 4.68. The van der Waals surface area contributed by atoms with Crippen molar-refractivity contribution in [2.24, 2.45) is 0 Å². The number of aryl methyl sites for hydroxylation is 2. The van der Waals surface area contributed by atoms with Crippen LogP contribution in [-0.4, -0.2) is 13.1 Å². The van der Waals surface area contributed by atoms with E-state index in [2.05, 4.69) is 28.0 Å². The molecule has 2 N–H and O–H groups in total. The van der Waals surface area contributed by atoms with E-state index in [1.807, 2.05) is 26.0 Å². The van der Waals surface area contributed by atoms with Crippen molar-refractivity contribution in [3.8, 4) is 0 Å². The maximum absolute atomic E-state index is 11.4. The van der Waals surface area contributed by atoms with Crippen molar-refractivity contribution >= 4 is 11.7 Å². The van der Waals surface area contributed by atoms with Crippen molar-refractivity contribution in [3.63, 3.8) is 0 Å². The van der Waals surface area contributed by atoms with E-state index in [0.29, 0.717) is 17.1 Å². The summed E-state index contributed by atoms with van der Waals surface area (Å²) in [5.74, 6) is 0.230. The molecule has 0 aliphatic heterocycles. The number of benzene rings is 1. The Bertz CT molecular complexity index is 565. The molecular formula is C16H21N2O2W+. The standard InChI is InChI=1S/C16H21N2O2.W/c1-10-7-8-15(11(2)9-10)18-14(5)17-13(4)12(3)16(19)20-6;/h8-9,17-18H,5H2,1-4,6H3;/q-1;+2/b13-12+;. The van der Waals surface area contributed by atoms with Crippen LogP contribution in [0.1, 0.15) is 25.0 Å². The zero-order valence-electron chi connectivity index (χ0n) is 13.1. The van der Waals surface area contributed by atoms with Crippen LogP contribution >= 0.6 is 0 Å². The van der Waals surface area contributed by atoms with Crippen molar-refractivity contribution in [3.05, 3.63) is 53.0 Å². The molecule has 0 radical (unpaired) electrons. The van der Waals surface area contributed by atoms with E-state index in [-0.39, 0.29) is 27.0 Å². The van der Waals surface area contributed by atoms with Crippen LogP contribution in [0.25, 0.3) is 0 Å². The Morgan fingerprint density at radius 3 is 2.48 bits per heavy atom. The maximum Gasteiger partial charge on any atom is 2.00 e. The predicted octanol–water partition coefficient (Wildman–Crippen LogP) is 3.04. The number of carbonyl (C=O) groups excluding carboxylic acids is 1. The van der Waals surface area contributed by atoms with Gasteiger partial charge in [-0.25, -0.2) is 4.79 Å². The summed E-state index contributed by atoms with van der Waals surface area (Å²) >= 11 is 0. The molecule has 0 saturated carbocycles. The van der Waals surface area contributed by atoms with Crippen molar-refractivity contribution in [2.75, 3.05) is 12.4 Å². The second-order valence-corrected chi connectivity index (χ2v) is 4.68. The summed E-state index contributed by atoms with van der Waals surface area (Å²) in [4.78, 5) is 11.4. The van der Waals surface area contributed by atoms with Gasteiger partial charge in [0.1, 0.15) is 0 Å².